The number of hydrogen-bond donors (Lipinski definition) is 1. The predicted octanol–water partition coefficient (Wildman–Crippen LogP) is 2.64. The highest BCUT2D eigenvalue weighted by atomic mass is 16.5. The van der Waals surface area contributed by atoms with Crippen LogP contribution in [0.3, 0.4) is 0 Å². The van der Waals surface area contributed by atoms with Gasteiger partial charge in [-0.15, -0.1) is 0 Å². The molecule has 7 nitrogen and oxygen atoms in total. The summed E-state index contributed by atoms with van der Waals surface area (Å²) in [5.41, 5.74) is -1.11. The van der Waals surface area contributed by atoms with Crippen LogP contribution in [0.1, 0.15) is 52.5 Å². The maximum Gasteiger partial charge on any atom is 0.317 e. The Balaban J connectivity index is 2.60. The van der Waals surface area contributed by atoms with Gasteiger partial charge in [0.15, 0.2) is 5.78 Å². The summed E-state index contributed by atoms with van der Waals surface area (Å²) < 4.78 is 15.9. The van der Waals surface area contributed by atoms with Crippen LogP contribution < -0.4 is 4.74 Å². The molecule has 0 saturated heterocycles. The lowest BCUT2D eigenvalue weighted by Gasteiger charge is -2.44. The highest BCUT2D eigenvalue weighted by Crippen LogP contribution is 2.47. The molecule has 29 heavy (non-hydrogen) atoms. The van der Waals surface area contributed by atoms with E-state index in [9.17, 15) is 19.5 Å². The van der Waals surface area contributed by atoms with Crippen molar-refractivity contribution in [2.45, 2.75) is 64.8 Å². The van der Waals surface area contributed by atoms with E-state index < -0.39 is 53.3 Å². The number of aliphatic hydroxyl groups is 1. The predicted molar refractivity (Wildman–Crippen MR) is 105 cm³/mol. The number of Topliss-reactive ketones (excluding diaryl/α,β-unsaturated/α-hetero) is 1. The van der Waals surface area contributed by atoms with Gasteiger partial charge in [-0.1, -0.05) is 12.1 Å². The van der Waals surface area contributed by atoms with E-state index in [2.05, 4.69) is 0 Å². The first-order valence-corrected chi connectivity index (χ1v) is 9.78. The van der Waals surface area contributed by atoms with E-state index in [0.717, 1.165) is 0 Å². The van der Waals surface area contributed by atoms with Gasteiger partial charge in [0.05, 0.1) is 30.8 Å². The molecule has 0 bridgehead atoms. The van der Waals surface area contributed by atoms with Gasteiger partial charge < -0.3 is 19.3 Å². The molecule has 1 aliphatic carbocycles. The maximum atomic E-state index is 13.0. The van der Waals surface area contributed by atoms with E-state index in [1.165, 1.54) is 14.0 Å². The Bertz CT molecular complexity index is 741. The largest absolute Gasteiger partial charge is 0.497 e. The summed E-state index contributed by atoms with van der Waals surface area (Å²) >= 11 is 0. The van der Waals surface area contributed by atoms with E-state index >= 15 is 0 Å². The molecule has 0 aromatic heterocycles. The van der Waals surface area contributed by atoms with Gasteiger partial charge in [-0.05, 0) is 52.3 Å². The number of benzene rings is 1. The molecule has 0 spiro atoms. The van der Waals surface area contributed by atoms with E-state index in [4.69, 9.17) is 14.2 Å². The molecule has 0 radical (unpaired) electrons. The Labute approximate surface area is 171 Å². The molecule has 160 valence electrons. The smallest absolute Gasteiger partial charge is 0.317 e. The Morgan fingerprint density at radius 2 is 1.55 bits per heavy atom. The van der Waals surface area contributed by atoms with Crippen LogP contribution >= 0.6 is 0 Å². The van der Waals surface area contributed by atoms with Gasteiger partial charge in [0.1, 0.15) is 11.7 Å². The Hall–Kier alpha value is -2.41. The quantitative estimate of drug-likeness (QED) is 0.573. The van der Waals surface area contributed by atoms with Gasteiger partial charge in [-0.3, -0.25) is 14.4 Å². The molecule has 1 aromatic carbocycles. The van der Waals surface area contributed by atoms with Crippen molar-refractivity contribution in [2.75, 3.05) is 7.11 Å². The second kappa shape index (κ2) is 8.95. The zero-order chi connectivity index (χ0) is 21.9. The molecule has 4 atom stereocenters. The summed E-state index contributed by atoms with van der Waals surface area (Å²) in [5, 5.41) is 11.0. The van der Waals surface area contributed by atoms with Crippen LogP contribution in [0.4, 0.5) is 0 Å². The zero-order valence-electron chi connectivity index (χ0n) is 17.8. The van der Waals surface area contributed by atoms with Crippen LogP contribution in [0.25, 0.3) is 0 Å². The number of rotatable bonds is 6. The molecular weight excluding hydrogens is 376 g/mol. The highest BCUT2D eigenvalue weighted by molar-refractivity contribution is 6.02. The molecule has 0 aliphatic heterocycles. The summed E-state index contributed by atoms with van der Waals surface area (Å²) in [6, 6.07) is 6.73. The molecule has 1 saturated carbocycles. The van der Waals surface area contributed by atoms with Crippen LogP contribution in [0.2, 0.25) is 0 Å². The minimum atomic E-state index is -1.66. The SMILES string of the molecule is COc1ccc([C@H]2[C@@H](C(=O)OC(C)C)C(=O)C[C@@](C)(O)[C@@H]2C(=O)OC(C)C)cc1. The Morgan fingerprint density at radius 1 is 1.03 bits per heavy atom. The summed E-state index contributed by atoms with van der Waals surface area (Å²) in [7, 11) is 1.52. The maximum absolute atomic E-state index is 13.0. The third kappa shape index (κ3) is 5.15. The monoisotopic (exact) mass is 406 g/mol. The van der Waals surface area contributed by atoms with Crippen molar-refractivity contribution in [1.29, 1.82) is 0 Å². The molecule has 1 aromatic rings. The summed E-state index contributed by atoms with van der Waals surface area (Å²) in [6.45, 7) is 8.21. The van der Waals surface area contributed by atoms with Crippen LogP contribution in [-0.2, 0) is 23.9 Å². The summed E-state index contributed by atoms with van der Waals surface area (Å²) in [6.07, 6.45) is -1.17. The van der Waals surface area contributed by atoms with Gasteiger partial charge >= 0.3 is 11.9 Å². The van der Waals surface area contributed by atoms with Crippen molar-refractivity contribution in [2.24, 2.45) is 11.8 Å². The van der Waals surface area contributed by atoms with Gasteiger partial charge in [0.2, 0.25) is 0 Å². The molecule has 1 N–H and O–H groups in total. The fourth-order valence-electron chi connectivity index (χ4n) is 3.85. The van der Waals surface area contributed by atoms with Crippen molar-refractivity contribution >= 4 is 17.7 Å². The Morgan fingerprint density at radius 3 is 2.03 bits per heavy atom. The topological polar surface area (TPSA) is 99.1 Å². The van der Waals surface area contributed by atoms with Gasteiger partial charge in [0, 0.05) is 12.3 Å². The van der Waals surface area contributed by atoms with E-state index in [0.29, 0.717) is 11.3 Å². The van der Waals surface area contributed by atoms with E-state index in [1.807, 2.05) is 0 Å². The average Bonchev–Trinajstić information content (AvgIpc) is 2.58. The normalized spacial score (nSPS) is 27.1. The van der Waals surface area contributed by atoms with Crippen molar-refractivity contribution in [3.05, 3.63) is 29.8 Å². The minimum absolute atomic E-state index is 0.338. The van der Waals surface area contributed by atoms with Gasteiger partial charge in [-0.25, -0.2) is 0 Å². The van der Waals surface area contributed by atoms with Crippen molar-refractivity contribution < 1.29 is 33.7 Å². The number of methoxy groups -OCH3 is 1. The lowest BCUT2D eigenvalue weighted by Crippen LogP contribution is -2.55. The number of ketones is 1. The van der Waals surface area contributed by atoms with Crippen LogP contribution in [0.15, 0.2) is 24.3 Å². The van der Waals surface area contributed by atoms with Crippen molar-refractivity contribution in [3.8, 4) is 5.75 Å². The molecule has 2 rings (SSSR count). The number of carbonyl (C=O) groups is 3. The van der Waals surface area contributed by atoms with E-state index in [1.54, 1.807) is 52.0 Å². The fraction of sp³-hybridized carbons (Fsp3) is 0.591. The first-order valence-electron chi connectivity index (χ1n) is 9.78. The lowest BCUT2D eigenvalue weighted by atomic mass is 9.61. The van der Waals surface area contributed by atoms with Crippen LogP contribution in [-0.4, -0.2) is 47.7 Å². The Kier molecular flexibility index (Phi) is 7.06. The van der Waals surface area contributed by atoms with Gasteiger partial charge in [-0.2, -0.15) is 0 Å². The average molecular weight is 406 g/mol. The molecule has 0 unspecified atom stereocenters. The van der Waals surface area contributed by atoms with E-state index in [-0.39, 0.29) is 6.42 Å². The molecule has 0 heterocycles. The number of ether oxygens (including phenoxy) is 3. The molecular formula is C22H30O7. The second-order valence-electron chi connectivity index (χ2n) is 8.23. The lowest BCUT2D eigenvalue weighted by molar-refractivity contribution is -0.176. The summed E-state index contributed by atoms with van der Waals surface area (Å²) in [5.74, 6) is -4.48. The van der Waals surface area contributed by atoms with Crippen molar-refractivity contribution in [1.82, 2.24) is 0 Å². The first-order chi connectivity index (χ1) is 13.5. The third-order valence-electron chi connectivity index (χ3n) is 4.98. The highest BCUT2D eigenvalue weighted by Gasteiger charge is 2.57. The minimum Gasteiger partial charge on any atom is -0.497 e. The molecule has 7 heteroatoms. The molecule has 1 fully saturated rings. The van der Waals surface area contributed by atoms with Crippen LogP contribution in [0, 0.1) is 11.8 Å². The first kappa shape index (κ1) is 22.9. The fourth-order valence-corrected chi connectivity index (χ4v) is 3.85. The molecule has 0 amide bonds. The van der Waals surface area contributed by atoms with Gasteiger partial charge in [0.25, 0.3) is 0 Å². The van der Waals surface area contributed by atoms with Crippen molar-refractivity contribution in [3.63, 3.8) is 0 Å². The zero-order valence-corrected chi connectivity index (χ0v) is 17.8. The number of hydrogen-bond acceptors (Lipinski definition) is 7. The number of esters is 2. The second-order valence-corrected chi connectivity index (χ2v) is 8.23. The third-order valence-corrected chi connectivity index (χ3v) is 4.98. The molecule has 1 aliphatic rings. The standard InChI is InChI=1S/C22H30O7/c1-12(2)28-20(24)18-16(23)11-22(5,26)19(21(25)29-13(3)4)17(18)14-7-9-15(27-6)10-8-14/h7-10,12-13,17-19,26H,11H2,1-6H3/t17-,18-,19-,22+/m0/s1. The number of carbonyl (C=O) groups excluding carboxylic acids is 3. The summed E-state index contributed by atoms with van der Waals surface area (Å²) in [4.78, 5) is 38.7. The van der Waals surface area contributed by atoms with Crippen LogP contribution in [0.5, 0.6) is 5.75 Å².